The van der Waals surface area contributed by atoms with Crippen LogP contribution in [0.1, 0.15) is 12.5 Å². The lowest BCUT2D eigenvalue weighted by Gasteiger charge is -2.25. The van der Waals surface area contributed by atoms with Crippen LogP contribution in [0.15, 0.2) is 71.6 Å². The number of halogens is 1. The zero-order chi connectivity index (χ0) is 23.3. The molecule has 0 unspecified atom stereocenters. The van der Waals surface area contributed by atoms with E-state index in [1.165, 1.54) is 74.0 Å². The zero-order valence-corrected chi connectivity index (χ0v) is 18.6. The van der Waals surface area contributed by atoms with E-state index in [-0.39, 0.29) is 17.3 Å². The predicted octanol–water partition coefficient (Wildman–Crippen LogP) is 4.20. The van der Waals surface area contributed by atoms with Crippen molar-refractivity contribution in [3.8, 4) is 11.5 Å². The Bertz CT molecular complexity index is 1170. The molecule has 0 bridgehead atoms. The van der Waals surface area contributed by atoms with Gasteiger partial charge in [0.1, 0.15) is 17.3 Å². The zero-order valence-electron chi connectivity index (χ0n) is 17.8. The highest BCUT2D eigenvalue weighted by atomic mass is 32.2. The molecule has 3 aromatic carbocycles. The van der Waals surface area contributed by atoms with E-state index in [0.717, 1.165) is 0 Å². The number of nitrogens with one attached hydrogen (secondary N) is 1. The first kappa shape index (κ1) is 23.1. The Morgan fingerprint density at radius 1 is 0.938 bits per heavy atom. The van der Waals surface area contributed by atoms with E-state index < -0.39 is 15.8 Å². The van der Waals surface area contributed by atoms with E-state index in [1.807, 2.05) is 0 Å². The summed E-state index contributed by atoms with van der Waals surface area (Å²) in [5.41, 5.74) is 1.38. The number of methoxy groups -OCH3 is 2. The summed E-state index contributed by atoms with van der Waals surface area (Å²) in [5, 5.41) is 2.60. The first-order chi connectivity index (χ1) is 15.2. The fourth-order valence-corrected chi connectivity index (χ4v) is 4.54. The van der Waals surface area contributed by atoms with Crippen LogP contribution in [0.2, 0.25) is 0 Å². The first-order valence-corrected chi connectivity index (χ1v) is 11.0. The molecule has 0 aromatic heterocycles. The average molecular weight is 459 g/mol. The van der Waals surface area contributed by atoms with Crippen LogP contribution in [0.25, 0.3) is 0 Å². The second kappa shape index (κ2) is 9.69. The molecule has 0 heterocycles. The van der Waals surface area contributed by atoms with Crippen LogP contribution < -0.4 is 19.1 Å². The number of hydrogen-bond donors (Lipinski definition) is 1. The summed E-state index contributed by atoms with van der Waals surface area (Å²) in [4.78, 5) is 11.3. The summed E-state index contributed by atoms with van der Waals surface area (Å²) in [7, 11) is -1.03. The van der Waals surface area contributed by atoms with Gasteiger partial charge in [0.15, 0.2) is 0 Å². The molecule has 0 radical (unpaired) electrons. The molecule has 0 aliphatic carbocycles. The number of rotatable bonds is 8. The molecule has 168 valence electrons. The Kier molecular flexibility index (Phi) is 6.99. The van der Waals surface area contributed by atoms with E-state index in [1.54, 1.807) is 18.2 Å². The van der Waals surface area contributed by atoms with Crippen molar-refractivity contribution in [2.45, 2.75) is 18.4 Å². The summed E-state index contributed by atoms with van der Waals surface area (Å²) < 4.78 is 52.3. The number of sulfonamides is 1. The fraction of sp³-hybridized carbons (Fsp3) is 0.174. The van der Waals surface area contributed by atoms with Gasteiger partial charge in [0.2, 0.25) is 5.91 Å². The Hall–Kier alpha value is -3.59. The SMILES string of the molecule is COc1cc(CN(c2ccc(F)cc2)S(=O)(=O)c2ccc(NC(C)=O)cc2)cc(OC)c1. The van der Waals surface area contributed by atoms with Gasteiger partial charge in [-0.3, -0.25) is 9.10 Å². The minimum absolute atomic E-state index is 0.0192. The standard InChI is InChI=1S/C23H23FN2O5S/c1-16(27)25-19-6-10-23(11-7-19)32(28,29)26(20-8-4-18(24)5-9-20)15-17-12-21(30-2)14-22(13-17)31-3/h4-14H,15H2,1-3H3,(H,25,27). The van der Waals surface area contributed by atoms with Crippen LogP contribution in [0.5, 0.6) is 11.5 Å². The van der Waals surface area contributed by atoms with Gasteiger partial charge in [0.25, 0.3) is 10.0 Å². The molecule has 0 aliphatic heterocycles. The van der Waals surface area contributed by atoms with Crippen LogP contribution in [0.3, 0.4) is 0 Å². The number of anilines is 2. The molecular weight excluding hydrogens is 435 g/mol. The maximum absolute atomic E-state index is 13.5. The van der Waals surface area contributed by atoms with Gasteiger partial charge in [0.05, 0.1) is 31.3 Å². The third kappa shape index (κ3) is 5.36. The van der Waals surface area contributed by atoms with Gasteiger partial charge in [-0.1, -0.05) is 0 Å². The Morgan fingerprint density at radius 2 is 1.50 bits per heavy atom. The molecule has 0 atom stereocenters. The summed E-state index contributed by atoms with van der Waals surface area (Å²) in [6.45, 7) is 1.32. The van der Waals surface area contributed by atoms with Crippen molar-refractivity contribution in [3.63, 3.8) is 0 Å². The summed E-state index contributed by atoms with van der Waals surface area (Å²) in [6.07, 6.45) is 0. The van der Waals surface area contributed by atoms with Gasteiger partial charge in [0, 0.05) is 18.7 Å². The predicted molar refractivity (Wildman–Crippen MR) is 120 cm³/mol. The van der Waals surface area contributed by atoms with E-state index in [4.69, 9.17) is 9.47 Å². The average Bonchev–Trinajstić information content (AvgIpc) is 2.77. The Balaban J connectivity index is 2.04. The molecule has 7 nitrogen and oxygen atoms in total. The quantitative estimate of drug-likeness (QED) is 0.547. The second-order valence-electron chi connectivity index (χ2n) is 6.91. The normalized spacial score (nSPS) is 11.0. The molecule has 1 N–H and O–H groups in total. The highest BCUT2D eigenvalue weighted by molar-refractivity contribution is 7.92. The molecule has 0 spiro atoms. The van der Waals surface area contributed by atoms with Crippen molar-refractivity contribution in [2.24, 2.45) is 0 Å². The van der Waals surface area contributed by atoms with Gasteiger partial charge in [-0.25, -0.2) is 12.8 Å². The maximum Gasteiger partial charge on any atom is 0.264 e. The lowest BCUT2D eigenvalue weighted by molar-refractivity contribution is -0.114. The third-order valence-corrected chi connectivity index (χ3v) is 6.40. The third-order valence-electron chi connectivity index (χ3n) is 4.61. The Labute approximate surface area is 186 Å². The van der Waals surface area contributed by atoms with E-state index in [0.29, 0.717) is 28.4 Å². The van der Waals surface area contributed by atoms with Gasteiger partial charge in [-0.05, 0) is 66.2 Å². The topological polar surface area (TPSA) is 84.9 Å². The molecule has 0 fully saturated rings. The van der Waals surface area contributed by atoms with Gasteiger partial charge < -0.3 is 14.8 Å². The lowest BCUT2D eigenvalue weighted by atomic mass is 10.2. The van der Waals surface area contributed by atoms with Crippen molar-refractivity contribution >= 4 is 27.3 Å². The highest BCUT2D eigenvalue weighted by Gasteiger charge is 2.26. The molecular formula is C23H23FN2O5S. The number of amides is 1. The minimum Gasteiger partial charge on any atom is -0.497 e. The number of nitrogens with zero attached hydrogens (tertiary/aromatic N) is 1. The highest BCUT2D eigenvalue weighted by Crippen LogP contribution is 2.30. The van der Waals surface area contributed by atoms with Crippen molar-refractivity contribution in [3.05, 3.63) is 78.1 Å². The largest absolute Gasteiger partial charge is 0.497 e. The van der Waals surface area contributed by atoms with Crippen molar-refractivity contribution in [2.75, 3.05) is 23.8 Å². The number of ether oxygens (including phenoxy) is 2. The number of carbonyl (C=O) groups excluding carboxylic acids is 1. The van der Waals surface area contributed by atoms with Gasteiger partial charge >= 0.3 is 0 Å². The molecule has 1 amide bonds. The fourth-order valence-electron chi connectivity index (χ4n) is 3.09. The minimum atomic E-state index is -4.03. The summed E-state index contributed by atoms with van der Waals surface area (Å²) in [6, 6.07) is 16.1. The first-order valence-electron chi connectivity index (χ1n) is 9.61. The van der Waals surface area contributed by atoms with Crippen LogP contribution in [-0.2, 0) is 21.4 Å². The molecule has 0 saturated heterocycles. The summed E-state index contributed by atoms with van der Waals surface area (Å²) >= 11 is 0. The molecule has 0 saturated carbocycles. The molecule has 3 aromatic rings. The van der Waals surface area contributed by atoms with Crippen LogP contribution in [-0.4, -0.2) is 28.5 Å². The maximum atomic E-state index is 13.5. The molecule has 3 rings (SSSR count). The number of hydrogen-bond acceptors (Lipinski definition) is 5. The molecule has 9 heteroatoms. The van der Waals surface area contributed by atoms with Crippen molar-refractivity contribution in [1.29, 1.82) is 0 Å². The lowest BCUT2D eigenvalue weighted by Crippen LogP contribution is -2.30. The Morgan fingerprint density at radius 3 is 2.00 bits per heavy atom. The molecule has 0 aliphatic rings. The second-order valence-corrected chi connectivity index (χ2v) is 8.78. The van der Waals surface area contributed by atoms with Crippen LogP contribution >= 0.6 is 0 Å². The van der Waals surface area contributed by atoms with Crippen molar-refractivity contribution < 1.29 is 27.1 Å². The van der Waals surface area contributed by atoms with Crippen molar-refractivity contribution in [1.82, 2.24) is 0 Å². The number of carbonyl (C=O) groups is 1. The van der Waals surface area contributed by atoms with E-state index in [9.17, 15) is 17.6 Å². The van der Waals surface area contributed by atoms with Gasteiger partial charge in [-0.2, -0.15) is 0 Å². The van der Waals surface area contributed by atoms with Crippen LogP contribution in [0, 0.1) is 5.82 Å². The summed E-state index contributed by atoms with van der Waals surface area (Å²) in [5.74, 6) is 0.278. The number of benzene rings is 3. The smallest absolute Gasteiger partial charge is 0.264 e. The van der Waals surface area contributed by atoms with E-state index in [2.05, 4.69) is 5.32 Å². The monoisotopic (exact) mass is 458 g/mol. The van der Waals surface area contributed by atoms with Gasteiger partial charge in [-0.15, -0.1) is 0 Å². The van der Waals surface area contributed by atoms with Crippen LogP contribution in [0.4, 0.5) is 15.8 Å². The van der Waals surface area contributed by atoms with E-state index >= 15 is 0 Å². The molecule has 32 heavy (non-hydrogen) atoms.